The molecule has 1 aromatic carbocycles. The van der Waals surface area contributed by atoms with Crippen molar-refractivity contribution in [1.82, 2.24) is 14.6 Å². The van der Waals surface area contributed by atoms with Gasteiger partial charge in [0.2, 0.25) is 0 Å². The third-order valence-corrected chi connectivity index (χ3v) is 3.23. The molecular formula is C15H15N3O2. The maximum Gasteiger partial charge on any atom is 0.153 e. The molecule has 0 bridgehead atoms. The van der Waals surface area contributed by atoms with Gasteiger partial charge in [-0.1, -0.05) is 11.6 Å². The van der Waals surface area contributed by atoms with Gasteiger partial charge in [0.05, 0.1) is 31.3 Å². The molecule has 0 saturated carbocycles. The van der Waals surface area contributed by atoms with Crippen molar-refractivity contribution in [3.05, 3.63) is 47.8 Å². The van der Waals surface area contributed by atoms with Gasteiger partial charge in [0, 0.05) is 5.56 Å². The highest BCUT2D eigenvalue weighted by Gasteiger charge is 2.10. The molecule has 0 fully saturated rings. The Labute approximate surface area is 116 Å². The SMILES string of the molecule is COc1ccc(C)cc1-c1ccc2ncc(CO)n2n1. The highest BCUT2D eigenvalue weighted by Crippen LogP contribution is 2.29. The number of methoxy groups -OCH3 is 1. The Morgan fingerprint density at radius 3 is 2.85 bits per heavy atom. The van der Waals surface area contributed by atoms with E-state index in [1.165, 1.54) is 0 Å². The first-order valence-corrected chi connectivity index (χ1v) is 6.32. The summed E-state index contributed by atoms with van der Waals surface area (Å²) in [7, 11) is 1.64. The molecule has 3 aromatic rings. The first-order valence-electron chi connectivity index (χ1n) is 6.32. The van der Waals surface area contributed by atoms with Crippen molar-refractivity contribution in [3.8, 4) is 17.0 Å². The third-order valence-electron chi connectivity index (χ3n) is 3.23. The summed E-state index contributed by atoms with van der Waals surface area (Å²) in [5.41, 5.74) is 4.21. The number of aliphatic hydroxyl groups excluding tert-OH is 1. The number of aryl methyl sites for hydroxylation is 1. The molecule has 3 rings (SSSR count). The largest absolute Gasteiger partial charge is 0.496 e. The molecule has 0 aliphatic rings. The summed E-state index contributed by atoms with van der Waals surface area (Å²) in [5.74, 6) is 0.771. The second-order valence-corrected chi connectivity index (χ2v) is 4.60. The fourth-order valence-electron chi connectivity index (χ4n) is 2.19. The minimum Gasteiger partial charge on any atom is -0.496 e. The zero-order valence-electron chi connectivity index (χ0n) is 11.4. The van der Waals surface area contributed by atoms with E-state index in [1.807, 2.05) is 37.3 Å². The van der Waals surface area contributed by atoms with Crippen LogP contribution in [0.2, 0.25) is 0 Å². The Bertz CT molecular complexity index is 765. The van der Waals surface area contributed by atoms with Gasteiger partial charge in [0.1, 0.15) is 5.75 Å². The Kier molecular flexibility index (Phi) is 3.12. The summed E-state index contributed by atoms with van der Waals surface area (Å²) in [6, 6.07) is 9.74. The van der Waals surface area contributed by atoms with E-state index in [1.54, 1.807) is 17.8 Å². The van der Waals surface area contributed by atoms with E-state index in [4.69, 9.17) is 4.74 Å². The molecule has 0 saturated heterocycles. The predicted molar refractivity (Wildman–Crippen MR) is 75.6 cm³/mol. The van der Waals surface area contributed by atoms with Gasteiger partial charge in [-0.25, -0.2) is 9.50 Å². The van der Waals surface area contributed by atoms with E-state index in [-0.39, 0.29) is 6.61 Å². The van der Waals surface area contributed by atoms with E-state index in [0.717, 1.165) is 22.6 Å². The number of hydrogen-bond donors (Lipinski definition) is 1. The average Bonchev–Trinajstić information content (AvgIpc) is 2.89. The number of fused-ring (bicyclic) bond motifs is 1. The monoisotopic (exact) mass is 269 g/mol. The topological polar surface area (TPSA) is 59.7 Å². The molecule has 5 nitrogen and oxygen atoms in total. The summed E-state index contributed by atoms with van der Waals surface area (Å²) < 4.78 is 7.04. The Morgan fingerprint density at radius 2 is 2.10 bits per heavy atom. The van der Waals surface area contributed by atoms with Gasteiger partial charge < -0.3 is 9.84 Å². The third kappa shape index (κ3) is 2.02. The summed E-state index contributed by atoms with van der Waals surface area (Å²) in [6.07, 6.45) is 1.62. The average molecular weight is 269 g/mol. The molecule has 1 N–H and O–H groups in total. The minimum atomic E-state index is -0.0947. The number of aromatic nitrogens is 3. The summed E-state index contributed by atoms with van der Waals surface area (Å²) >= 11 is 0. The lowest BCUT2D eigenvalue weighted by molar-refractivity contribution is 0.274. The summed E-state index contributed by atoms with van der Waals surface area (Å²) in [6.45, 7) is 1.93. The number of aliphatic hydroxyl groups is 1. The van der Waals surface area contributed by atoms with Crippen molar-refractivity contribution in [2.24, 2.45) is 0 Å². The van der Waals surface area contributed by atoms with Crippen molar-refractivity contribution in [3.63, 3.8) is 0 Å². The van der Waals surface area contributed by atoms with Crippen molar-refractivity contribution >= 4 is 5.65 Å². The molecule has 0 spiro atoms. The van der Waals surface area contributed by atoms with Gasteiger partial charge in [-0.2, -0.15) is 5.10 Å². The van der Waals surface area contributed by atoms with Crippen LogP contribution in [0.4, 0.5) is 0 Å². The zero-order chi connectivity index (χ0) is 14.1. The van der Waals surface area contributed by atoms with Crippen LogP contribution in [0, 0.1) is 6.92 Å². The number of rotatable bonds is 3. The van der Waals surface area contributed by atoms with E-state index in [0.29, 0.717) is 11.3 Å². The molecular weight excluding hydrogens is 254 g/mol. The van der Waals surface area contributed by atoms with Crippen LogP contribution in [0.1, 0.15) is 11.3 Å². The highest BCUT2D eigenvalue weighted by atomic mass is 16.5. The lowest BCUT2D eigenvalue weighted by Crippen LogP contribution is -2.00. The summed E-state index contributed by atoms with van der Waals surface area (Å²) in [4.78, 5) is 4.19. The Morgan fingerprint density at radius 1 is 1.25 bits per heavy atom. The van der Waals surface area contributed by atoms with Crippen LogP contribution in [-0.4, -0.2) is 26.8 Å². The molecule has 2 heterocycles. The van der Waals surface area contributed by atoms with Crippen LogP contribution < -0.4 is 4.74 Å². The lowest BCUT2D eigenvalue weighted by atomic mass is 10.1. The predicted octanol–water partition coefficient (Wildman–Crippen LogP) is 2.21. The summed E-state index contributed by atoms with van der Waals surface area (Å²) in [5, 5.41) is 13.8. The fraction of sp³-hybridized carbons (Fsp3) is 0.200. The lowest BCUT2D eigenvalue weighted by Gasteiger charge is -2.09. The quantitative estimate of drug-likeness (QED) is 0.792. The van der Waals surface area contributed by atoms with Gasteiger partial charge in [0.15, 0.2) is 5.65 Å². The van der Waals surface area contributed by atoms with Gasteiger partial charge in [-0.15, -0.1) is 0 Å². The molecule has 0 unspecified atom stereocenters. The van der Waals surface area contributed by atoms with Crippen LogP contribution in [0.3, 0.4) is 0 Å². The maximum atomic E-state index is 9.31. The number of hydrogen-bond acceptors (Lipinski definition) is 4. The number of imidazole rings is 1. The highest BCUT2D eigenvalue weighted by molar-refractivity contribution is 5.68. The van der Waals surface area contributed by atoms with Gasteiger partial charge >= 0.3 is 0 Å². The molecule has 2 aromatic heterocycles. The van der Waals surface area contributed by atoms with Crippen molar-refractivity contribution in [2.75, 3.05) is 7.11 Å². The number of nitrogens with zero attached hydrogens (tertiary/aromatic N) is 3. The Balaban J connectivity index is 2.21. The number of ether oxygens (including phenoxy) is 1. The van der Waals surface area contributed by atoms with Gasteiger partial charge in [0.25, 0.3) is 0 Å². The molecule has 20 heavy (non-hydrogen) atoms. The normalized spacial score (nSPS) is 10.9. The van der Waals surface area contributed by atoms with E-state index in [2.05, 4.69) is 10.1 Å². The van der Waals surface area contributed by atoms with Crippen LogP contribution in [0.15, 0.2) is 36.5 Å². The molecule has 102 valence electrons. The molecule has 0 amide bonds. The molecule has 0 aliphatic carbocycles. The minimum absolute atomic E-state index is 0.0947. The van der Waals surface area contributed by atoms with Gasteiger partial charge in [-0.3, -0.25) is 0 Å². The first-order chi connectivity index (χ1) is 9.72. The second-order valence-electron chi connectivity index (χ2n) is 4.60. The smallest absolute Gasteiger partial charge is 0.153 e. The van der Waals surface area contributed by atoms with Crippen molar-refractivity contribution < 1.29 is 9.84 Å². The van der Waals surface area contributed by atoms with Crippen molar-refractivity contribution in [1.29, 1.82) is 0 Å². The fourth-order valence-corrected chi connectivity index (χ4v) is 2.19. The van der Waals surface area contributed by atoms with E-state index < -0.39 is 0 Å². The standard InChI is InChI=1S/C15H15N3O2/c1-10-3-5-14(20-2)12(7-10)13-4-6-15-16-8-11(9-19)18(15)17-13/h3-8,19H,9H2,1-2H3. The van der Waals surface area contributed by atoms with Gasteiger partial charge in [-0.05, 0) is 31.2 Å². The maximum absolute atomic E-state index is 9.31. The van der Waals surface area contributed by atoms with Crippen molar-refractivity contribution in [2.45, 2.75) is 13.5 Å². The zero-order valence-corrected chi connectivity index (χ0v) is 11.4. The van der Waals surface area contributed by atoms with Crippen LogP contribution in [0.5, 0.6) is 5.75 Å². The number of benzene rings is 1. The van der Waals surface area contributed by atoms with E-state index >= 15 is 0 Å². The van der Waals surface area contributed by atoms with E-state index in [9.17, 15) is 5.11 Å². The van der Waals surface area contributed by atoms with Crippen LogP contribution in [0.25, 0.3) is 16.9 Å². The molecule has 0 radical (unpaired) electrons. The van der Waals surface area contributed by atoms with Crippen LogP contribution >= 0.6 is 0 Å². The van der Waals surface area contributed by atoms with Crippen LogP contribution in [-0.2, 0) is 6.61 Å². The molecule has 0 aliphatic heterocycles. The molecule has 0 atom stereocenters. The Hall–Kier alpha value is -2.40. The first kappa shape index (κ1) is 12.6. The molecule has 5 heteroatoms. The second kappa shape index (κ2) is 4.94.